The van der Waals surface area contributed by atoms with Gasteiger partial charge >= 0.3 is 0 Å². The molecule has 0 amide bonds. The lowest BCUT2D eigenvalue weighted by Gasteiger charge is -2.29. The van der Waals surface area contributed by atoms with Crippen molar-refractivity contribution in [2.75, 3.05) is 0 Å². The van der Waals surface area contributed by atoms with Crippen LogP contribution in [0.1, 0.15) is 17.5 Å². The second kappa shape index (κ2) is 4.80. The maximum absolute atomic E-state index is 6.13. The molecule has 0 atom stereocenters. The van der Waals surface area contributed by atoms with Crippen molar-refractivity contribution < 1.29 is 4.84 Å². The van der Waals surface area contributed by atoms with Gasteiger partial charge in [0.15, 0.2) is 0 Å². The van der Waals surface area contributed by atoms with E-state index in [9.17, 15) is 0 Å². The second-order valence-corrected chi connectivity index (χ2v) is 6.07. The summed E-state index contributed by atoms with van der Waals surface area (Å²) >= 11 is 12.3. The first-order valence-electron chi connectivity index (χ1n) is 6.06. The fourth-order valence-electron chi connectivity index (χ4n) is 2.48. The fourth-order valence-corrected chi connectivity index (χ4v) is 2.95. The SMILES string of the molecule is ClC1(Cl)CC(c2ccccc2)(c2ccccc2)NO1. The van der Waals surface area contributed by atoms with Crippen LogP contribution in [0.4, 0.5) is 0 Å². The van der Waals surface area contributed by atoms with E-state index in [1.54, 1.807) is 0 Å². The third kappa shape index (κ3) is 2.37. The molecule has 1 N–H and O–H groups in total. The van der Waals surface area contributed by atoms with Gasteiger partial charge in [0.2, 0.25) is 4.52 Å². The molecule has 19 heavy (non-hydrogen) atoms. The van der Waals surface area contributed by atoms with Gasteiger partial charge < -0.3 is 0 Å². The largest absolute Gasteiger partial charge is 0.261 e. The lowest BCUT2D eigenvalue weighted by atomic mass is 9.81. The van der Waals surface area contributed by atoms with Crippen molar-refractivity contribution in [3.63, 3.8) is 0 Å². The van der Waals surface area contributed by atoms with Gasteiger partial charge in [0, 0.05) is 6.42 Å². The maximum Gasteiger partial charge on any atom is 0.238 e. The first-order valence-corrected chi connectivity index (χ1v) is 6.82. The van der Waals surface area contributed by atoms with Gasteiger partial charge in [-0.25, -0.2) is 0 Å². The van der Waals surface area contributed by atoms with Crippen molar-refractivity contribution in [2.45, 2.75) is 16.5 Å². The topological polar surface area (TPSA) is 21.3 Å². The summed E-state index contributed by atoms with van der Waals surface area (Å²) in [4.78, 5) is 5.35. The van der Waals surface area contributed by atoms with Crippen LogP contribution in [0.15, 0.2) is 60.7 Å². The van der Waals surface area contributed by atoms with Crippen molar-refractivity contribution >= 4 is 23.2 Å². The molecule has 0 aromatic heterocycles. The molecule has 0 saturated carbocycles. The van der Waals surface area contributed by atoms with Crippen LogP contribution in [0.5, 0.6) is 0 Å². The minimum Gasteiger partial charge on any atom is -0.261 e. The van der Waals surface area contributed by atoms with Crippen molar-refractivity contribution in [3.05, 3.63) is 71.8 Å². The predicted molar refractivity (Wildman–Crippen MR) is 76.9 cm³/mol. The van der Waals surface area contributed by atoms with Gasteiger partial charge in [0.05, 0.1) is 5.54 Å². The van der Waals surface area contributed by atoms with Crippen LogP contribution in [0.3, 0.4) is 0 Å². The van der Waals surface area contributed by atoms with Crippen molar-refractivity contribution in [2.24, 2.45) is 0 Å². The van der Waals surface area contributed by atoms with Crippen LogP contribution in [-0.4, -0.2) is 4.52 Å². The zero-order valence-electron chi connectivity index (χ0n) is 10.1. The lowest BCUT2D eigenvalue weighted by Crippen LogP contribution is -2.37. The molecule has 1 aliphatic rings. The molecule has 3 rings (SSSR count). The minimum absolute atomic E-state index is 0.442. The first-order chi connectivity index (χ1) is 9.12. The van der Waals surface area contributed by atoms with E-state index in [1.807, 2.05) is 60.7 Å². The molecule has 0 spiro atoms. The first kappa shape index (κ1) is 12.9. The Labute approximate surface area is 122 Å². The van der Waals surface area contributed by atoms with Gasteiger partial charge in [0.25, 0.3) is 0 Å². The molecule has 2 aromatic carbocycles. The molecule has 0 aliphatic carbocycles. The quantitative estimate of drug-likeness (QED) is 0.846. The number of benzene rings is 2. The maximum atomic E-state index is 6.13. The van der Waals surface area contributed by atoms with E-state index in [-0.39, 0.29) is 0 Å². The Balaban J connectivity index is 2.13. The number of rotatable bonds is 2. The highest BCUT2D eigenvalue weighted by Crippen LogP contribution is 2.46. The molecule has 98 valence electrons. The summed E-state index contributed by atoms with van der Waals surface area (Å²) in [5, 5.41) is 0. The number of hydroxylamine groups is 1. The van der Waals surface area contributed by atoms with Crippen LogP contribution in [0, 0.1) is 0 Å². The van der Waals surface area contributed by atoms with Crippen LogP contribution in [-0.2, 0) is 10.4 Å². The van der Waals surface area contributed by atoms with E-state index in [1.165, 1.54) is 0 Å². The molecule has 0 bridgehead atoms. The summed E-state index contributed by atoms with van der Waals surface area (Å²) in [6.07, 6.45) is 0.442. The molecular weight excluding hydrogens is 281 g/mol. The molecule has 2 nitrogen and oxygen atoms in total. The van der Waals surface area contributed by atoms with Crippen molar-refractivity contribution in [3.8, 4) is 0 Å². The Morgan fingerprint density at radius 2 is 1.32 bits per heavy atom. The van der Waals surface area contributed by atoms with E-state index in [0.29, 0.717) is 6.42 Å². The minimum atomic E-state index is -1.23. The Morgan fingerprint density at radius 3 is 1.68 bits per heavy atom. The van der Waals surface area contributed by atoms with Crippen molar-refractivity contribution in [1.29, 1.82) is 0 Å². The zero-order chi connectivity index (χ0) is 13.3. The molecule has 0 radical (unpaired) electrons. The highest BCUT2D eigenvalue weighted by atomic mass is 35.5. The van der Waals surface area contributed by atoms with E-state index < -0.39 is 10.1 Å². The van der Waals surface area contributed by atoms with Gasteiger partial charge in [0.1, 0.15) is 0 Å². The Kier molecular flexibility index (Phi) is 3.27. The third-order valence-electron chi connectivity index (χ3n) is 3.38. The number of nitrogens with one attached hydrogen (secondary N) is 1. The Morgan fingerprint density at radius 1 is 0.842 bits per heavy atom. The van der Waals surface area contributed by atoms with Crippen LogP contribution < -0.4 is 5.48 Å². The normalized spacial score (nSPS) is 20.3. The highest BCUT2D eigenvalue weighted by Gasteiger charge is 2.50. The Hall–Kier alpha value is -1.06. The molecular formula is C15H13Cl2NO. The summed E-state index contributed by atoms with van der Waals surface area (Å²) in [7, 11) is 0. The van der Waals surface area contributed by atoms with E-state index in [4.69, 9.17) is 28.0 Å². The molecule has 2 aromatic rings. The lowest BCUT2D eigenvalue weighted by molar-refractivity contribution is 0.0333. The van der Waals surface area contributed by atoms with Crippen LogP contribution >= 0.6 is 23.2 Å². The van der Waals surface area contributed by atoms with Crippen LogP contribution in [0.25, 0.3) is 0 Å². The zero-order valence-corrected chi connectivity index (χ0v) is 11.7. The summed E-state index contributed by atoms with van der Waals surface area (Å²) < 4.78 is -1.23. The van der Waals surface area contributed by atoms with Gasteiger partial charge in [-0.2, -0.15) is 5.48 Å². The summed E-state index contributed by atoms with van der Waals surface area (Å²) in [6, 6.07) is 20.1. The third-order valence-corrected chi connectivity index (χ3v) is 3.80. The van der Waals surface area contributed by atoms with Gasteiger partial charge in [-0.05, 0) is 11.1 Å². The Bertz CT molecular complexity index is 517. The molecule has 1 saturated heterocycles. The van der Waals surface area contributed by atoms with E-state index >= 15 is 0 Å². The fraction of sp³-hybridized carbons (Fsp3) is 0.200. The number of hydrogen-bond donors (Lipinski definition) is 1. The molecule has 1 heterocycles. The number of alkyl halides is 2. The van der Waals surface area contributed by atoms with Gasteiger partial charge in [-0.3, -0.25) is 4.84 Å². The van der Waals surface area contributed by atoms with Gasteiger partial charge in [-0.1, -0.05) is 83.9 Å². The smallest absolute Gasteiger partial charge is 0.238 e. The van der Waals surface area contributed by atoms with Crippen LogP contribution in [0.2, 0.25) is 0 Å². The van der Waals surface area contributed by atoms with Gasteiger partial charge in [-0.15, -0.1) is 0 Å². The second-order valence-electron chi connectivity index (χ2n) is 4.66. The molecule has 4 heteroatoms. The summed E-state index contributed by atoms with van der Waals surface area (Å²) in [5.41, 5.74) is 4.65. The monoisotopic (exact) mass is 293 g/mol. The molecule has 1 fully saturated rings. The standard InChI is InChI=1S/C15H13Cl2NO/c16-15(17)11-14(18-19-15,12-7-3-1-4-8-12)13-9-5-2-6-10-13/h1-10,18H,11H2. The summed E-state index contributed by atoms with van der Waals surface area (Å²) in [5.74, 6) is 0. The van der Waals surface area contributed by atoms with E-state index in [0.717, 1.165) is 11.1 Å². The predicted octanol–water partition coefficient (Wildman–Crippen LogP) is 3.99. The number of hydrogen-bond acceptors (Lipinski definition) is 2. The van der Waals surface area contributed by atoms with E-state index in [2.05, 4.69) is 5.48 Å². The summed E-state index contributed by atoms with van der Waals surface area (Å²) in [6.45, 7) is 0. The molecule has 1 aliphatic heterocycles. The average Bonchev–Trinajstić information content (AvgIpc) is 2.78. The van der Waals surface area contributed by atoms with Crippen molar-refractivity contribution in [1.82, 2.24) is 5.48 Å². The molecule has 0 unspecified atom stereocenters. The highest BCUT2D eigenvalue weighted by molar-refractivity contribution is 6.47. The average molecular weight is 294 g/mol. The number of halogens is 2.